The summed E-state index contributed by atoms with van der Waals surface area (Å²) in [5.74, 6) is 0. The molecule has 2 rings (SSSR count). The molecule has 0 fully saturated rings. The first kappa shape index (κ1) is 13.0. The third kappa shape index (κ3) is 3.04. The first-order chi connectivity index (χ1) is 9.00. The predicted octanol–water partition coefficient (Wildman–Crippen LogP) is 2.91. The molecule has 1 aromatic carbocycles. The Morgan fingerprint density at radius 3 is 2.74 bits per heavy atom. The predicted molar refractivity (Wildman–Crippen MR) is 62.1 cm³/mol. The number of nitriles is 1. The van der Waals surface area contributed by atoms with E-state index in [1.54, 1.807) is 12.4 Å². The molecule has 1 heterocycles. The van der Waals surface area contributed by atoms with Crippen molar-refractivity contribution in [3.63, 3.8) is 0 Å². The zero-order valence-corrected chi connectivity index (χ0v) is 9.62. The number of nitrogens with one attached hydrogen (secondary N) is 2. The van der Waals surface area contributed by atoms with Crippen molar-refractivity contribution in [3.8, 4) is 6.07 Å². The Bertz CT molecular complexity index is 596. The molecule has 0 radical (unpaired) electrons. The van der Waals surface area contributed by atoms with Gasteiger partial charge in [0, 0.05) is 24.0 Å². The minimum Gasteiger partial charge on any atom is -0.381 e. The van der Waals surface area contributed by atoms with Gasteiger partial charge in [0.2, 0.25) is 0 Å². The van der Waals surface area contributed by atoms with Gasteiger partial charge >= 0.3 is 6.18 Å². The van der Waals surface area contributed by atoms with Crippen molar-refractivity contribution < 1.29 is 13.2 Å². The first-order valence-corrected chi connectivity index (χ1v) is 5.33. The second-order valence-electron chi connectivity index (χ2n) is 3.83. The van der Waals surface area contributed by atoms with E-state index >= 15 is 0 Å². The SMILES string of the molecule is N#Cc1ccc(NCc2cn[nH]c2)cc1C(F)(F)F. The summed E-state index contributed by atoms with van der Waals surface area (Å²) in [5, 5.41) is 17.8. The summed E-state index contributed by atoms with van der Waals surface area (Å²) >= 11 is 0. The van der Waals surface area contributed by atoms with Crippen LogP contribution in [0.3, 0.4) is 0 Å². The van der Waals surface area contributed by atoms with E-state index < -0.39 is 11.7 Å². The Hall–Kier alpha value is -2.49. The van der Waals surface area contributed by atoms with Crippen LogP contribution in [0.15, 0.2) is 30.6 Å². The summed E-state index contributed by atoms with van der Waals surface area (Å²) in [4.78, 5) is 0. The Balaban J connectivity index is 2.21. The Kier molecular flexibility index (Phi) is 3.42. The van der Waals surface area contributed by atoms with Gasteiger partial charge < -0.3 is 5.32 Å². The summed E-state index contributed by atoms with van der Waals surface area (Å²) in [6, 6.07) is 5.06. The normalized spacial score (nSPS) is 11.1. The summed E-state index contributed by atoms with van der Waals surface area (Å²) in [7, 11) is 0. The highest BCUT2D eigenvalue weighted by Gasteiger charge is 2.33. The molecule has 0 saturated heterocycles. The molecular weight excluding hydrogens is 257 g/mol. The summed E-state index contributed by atoms with van der Waals surface area (Å²) in [5.41, 5.74) is -0.209. The Morgan fingerprint density at radius 1 is 1.37 bits per heavy atom. The molecule has 0 aliphatic heterocycles. The third-order valence-corrected chi connectivity index (χ3v) is 2.50. The van der Waals surface area contributed by atoms with E-state index in [4.69, 9.17) is 5.26 Å². The highest BCUT2D eigenvalue weighted by molar-refractivity contribution is 5.53. The van der Waals surface area contributed by atoms with E-state index in [1.807, 2.05) is 0 Å². The number of aromatic nitrogens is 2. The van der Waals surface area contributed by atoms with E-state index in [9.17, 15) is 13.2 Å². The number of benzene rings is 1. The summed E-state index contributed by atoms with van der Waals surface area (Å²) in [6.45, 7) is 0.347. The van der Waals surface area contributed by atoms with Crippen molar-refractivity contribution in [3.05, 3.63) is 47.3 Å². The van der Waals surface area contributed by atoms with Crippen LogP contribution in [-0.2, 0) is 12.7 Å². The molecule has 0 unspecified atom stereocenters. The first-order valence-electron chi connectivity index (χ1n) is 5.33. The number of anilines is 1. The van der Waals surface area contributed by atoms with Gasteiger partial charge in [0.05, 0.1) is 23.4 Å². The van der Waals surface area contributed by atoms with Crippen LogP contribution >= 0.6 is 0 Å². The van der Waals surface area contributed by atoms with Gasteiger partial charge in [-0.05, 0) is 18.2 Å². The highest BCUT2D eigenvalue weighted by Crippen LogP contribution is 2.33. The standard InChI is InChI=1S/C12H9F3N4/c13-12(14,15)11-3-10(2-1-9(11)4-16)17-5-8-6-18-19-7-8/h1-3,6-7,17H,5H2,(H,18,19). The largest absolute Gasteiger partial charge is 0.417 e. The molecule has 0 atom stereocenters. The monoisotopic (exact) mass is 266 g/mol. The van der Waals surface area contributed by atoms with Crippen LogP contribution < -0.4 is 5.32 Å². The topological polar surface area (TPSA) is 64.5 Å². The maximum Gasteiger partial charge on any atom is 0.417 e. The van der Waals surface area contributed by atoms with Crippen LogP contribution in [0.5, 0.6) is 0 Å². The van der Waals surface area contributed by atoms with Gasteiger partial charge in [0.15, 0.2) is 0 Å². The second kappa shape index (κ2) is 5.02. The second-order valence-corrected chi connectivity index (χ2v) is 3.83. The molecule has 2 N–H and O–H groups in total. The lowest BCUT2D eigenvalue weighted by Gasteiger charge is -2.11. The van der Waals surface area contributed by atoms with Crippen LogP contribution in [0, 0.1) is 11.3 Å². The number of nitrogens with zero attached hydrogens (tertiary/aromatic N) is 2. The number of alkyl halides is 3. The van der Waals surface area contributed by atoms with Gasteiger partial charge in [-0.1, -0.05) is 0 Å². The summed E-state index contributed by atoms with van der Waals surface area (Å²) in [6.07, 6.45) is -1.33. The lowest BCUT2D eigenvalue weighted by molar-refractivity contribution is -0.137. The van der Waals surface area contributed by atoms with Crippen molar-refractivity contribution in [2.75, 3.05) is 5.32 Å². The fourth-order valence-electron chi connectivity index (χ4n) is 1.56. The van der Waals surface area contributed by atoms with E-state index in [-0.39, 0.29) is 5.56 Å². The molecule has 98 valence electrons. The van der Waals surface area contributed by atoms with Gasteiger partial charge in [-0.15, -0.1) is 0 Å². The Labute approximate surface area is 106 Å². The lowest BCUT2D eigenvalue weighted by Crippen LogP contribution is -2.09. The third-order valence-electron chi connectivity index (χ3n) is 2.50. The van der Waals surface area contributed by atoms with E-state index in [0.29, 0.717) is 12.2 Å². The number of halogens is 3. The average Bonchev–Trinajstić information content (AvgIpc) is 2.88. The smallest absolute Gasteiger partial charge is 0.381 e. The quantitative estimate of drug-likeness (QED) is 0.897. The minimum atomic E-state index is -4.54. The van der Waals surface area contributed by atoms with Gasteiger partial charge in [-0.3, -0.25) is 5.10 Å². The van der Waals surface area contributed by atoms with Gasteiger partial charge in [-0.2, -0.15) is 23.5 Å². The Morgan fingerprint density at radius 2 is 2.16 bits per heavy atom. The molecular formula is C12H9F3N4. The van der Waals surface area contributed by atoms with Crippen molar-refractivity contribution in [1.29, 1.82) is 5.26 Å². The van der Waals surface area contributed by atoms with Crippen molar-refractivity contribution in [2.24, 2.45) is 0 Å². The van der Waals surface area contributed by atoms with Gasteiger partial charge in [0.1, 0.15) is 0 Å². The van der Waals surface area contributed by atoms with Crippen molar-refractivity contribution in [1.82, 2.24) is 10.2 Å². The zero-order valence-electron chi connectivity index (χ0n) is 9.62. The maximum absolute atomic E-state index is 12.7. The number of hydrogen-bond acceptors (Lipinski definition) is 3. The van der Waals surface area contributed by atoms with Gasteiger partial charge in [-0.25, -0.2) is 0 Å². The highest BCUT2D eigenvalue weighted by atomic mass is 19.4. The molecule has 0 aliphatic carbocycles. The molecule has 2 aromatic rings. The van der Waals surface area contributed by atoms with E-state index in [1.165, 1.54) is 12.1 Å². The molecule has 0 bridgehead atoms. The number of H-pyrrole nitrogens is 1. The van der Waals surface area contributed by atoms with E-state index in [0.717, 1.165) is 17.7 Å². The van der Waals surface area contributed by atoms with Crippen molar-refractivity contribution in [2.45, 2.75) is 12.7 Å². The number of rotatable bonds is 3. The number of aromatic amines is 1. The number of hydrogen-bond donors (Lipinski definition) is 2. The maximum atomic E-state index is 12.7. The molecule has 0 saturated carbocycles. The molecule has 0 amide bonds. The lowest BCUT2D eigenvalue weighted by atomic mass is 10.1. The fraction of sp³-hybridized carbons (Fsp3) is 0.167. The average molecular weight is 266 g/mol. The van der Waals surface area contributed by atoms with Crippen LogP contribution in [0.2, 0.25) is 0 Å². The van der Waals surface area contributed by atoms with Crippen molar-refractivity contribution >= 4 is 5.69 Å². The van der Waals surface area contributed by atoms with Crippen LogP contribution in [0.1, 0.15) is 16.7 Å². The molecule has 0 aliphatic rings. The molecule has 19 heavy (non-hydrogen) atoms. The van der Waals surface area contributed by atoms with E-state index in [2.05, 4.69) is 15.5 Å². The molecule has 0 spiro atoms. The van der Waals surface area contributed by atoms with Crippen LogP contribution in [0.4, 0.5) is 18.9 Å². The summed E-state index contributed by atoms with van der Waals surface area (Å²) < 4.78 is 38.2. The van der Waals surface area contributed by atoms with Crippen LogP contribution in [0.25, 0.3) is 0 Å². The molecule has 1 aromatic heterocycles. The zero-order chi connectivity index (χ0) is 13.9. The van der Waals surface area contributed by atoms with Crippen LogP contribution in [-0.4, -0.2) is 10.2 Å². The molecule has 4 nitrogen and oxygen atoms in total. The minimum absolute atomic E-state index is 0.299. The molecule has 7 heteroatoms. The van der Waals surface area contributed by atoms with Gasteiger partial charge in [0.25, 0.3) is 0 Å². The fourth-order valence-corrected chi connectivity index (χ4v) is 1.56.